The Morgan fingerprint density at radius 3 is 2.35 bits per heavy atom. The molecular weight excluding hydrogens is 306 g/mol. The van der Waals surface area contributed by atoms with E-state index >= 15 is 0 Å². The van der Waals surface area contributed by atoms with Gasteiger partial charge in [0.1, 0.15) is 0 Å². The van der Waals surface area contributed by atoms with Gasteiger partial charge in [-0.2, -0.15) is 0 Å². The van der Waals surface area contributed by atoms with Crippen molar-refractivity contribution >= 4 is 23.2 Å². The Morgan fingerprint density at radius 2 is 1.74 bits per heavy atom. The van der Waals surface area contributed by atoms with Crippen LogP contribution < -0.4 is 5.32 Å². The molecule has 2 nitrogen and oxygen atoms in total. The molecule has 0 saturated heterocycles. The van der Waals surface area contributed by atoms with Crippen LogP contribution >= 0.6 is 11.6 Å². The molecule has 2 aromatic carbocycles. The van der Waals surface area contributed by atoms with Crippen LogP contribution in [0, 0.1) is 12.8 Å². The molecule has 0 aliphatic heterocycles. The van der Waals surface area contributed by atoms with Crippen LogP contribution in [0.3, 0.4) is 0 Å². The fourth-order valence-corrected chi connectivity index (χ4v) is 2.71. The summed E-state index contributed by atoms with van der Waals surface area (Å²) < 4.78 is 0. The van der Waals surface area contributed by atoms with Gasteiger partial charge in [0.2, 0.25) is 5.91 Å². The second-order valence-corrected chi connectivity index (χ2v) is 6.95. The van der Waals surface area contributed by atoms with Gasteiger partial charge in [-0.1, -0.05) is 55.8 Å². The van der Waals surface area contributed by atoms with E-state index in [1.54, 1.807) is 6.07 Å². The molecule has 0 heterocycles. The molecule has 3 heteroatoms. The van der Waals surface area contributed by atoms with Crippen molar-refractivity contribution in [2.45, 2.75) is 40.0 Å². The van der Waals surface area contributed by atoms with E-state index < -0.39 is 0 Å². The molecule has 0 aliphatic carbocycles. The first kappa shape index (κ1) is 17.6. The third kappa shape index (κ3) is 4.84. The number of hydrogen-bond acceptors (Lipinski definition) is 1. The molecule has 23 heavy (non-hydrogen) atoms. The maximum absolute atomic E-state index is 12.5. The van der Waals surface area contributed by atoms with Gasteiger partial charge in [-0.25, -0.2) is 0 Å². The third-order valence-electron chi connectivity index (χ3n) is 3.97. The fourth-order valence-electron chi connectivity index (χ4n) is 2.54. The Hall–Kier alpha value is -1.80. The van der Waals surface area contributed by atoms with Gasteiger partial charge < -0.3 is 5.32 Å². The number of carbonyl (C=O) groups excluding carboxylic acids is 1. The molecule has 0 aliphatic rings. The lowest BCUT2D eigenvalue weighted by atomic mass is 9.96. The lowest BCUT2D eigenvalue weighted by molar-refractivity contribution is -0.117. The normalized spacial score (nSPS) is 12.3. The van der Waals surface area contributed by atoms with E-state index in [4.69, 9.17) is 11.6 Å². The summed E-state index contributed by atoms with van der Waals surface area (Å²) in [7, 11) is 0. The highest BCUT2D eigenvalue weighted by molar-refractivity contribution is 6.31. The zero-order chi connectivity index (χ0) is 17.0. The van der Waals surface area contributed by atoms with Gasteiger partial charge in [-0.3, -0.25) is 4.79 Å². The molecule has 0 fully saturated rings. The van der Waals surface area contributed by atoms with Crippen LogP contribution in [0.2, 0.25) is 5.02 Å². The Bertz CT molecular complexity index is 677. The van der Waals surface area contributed by atoms with E-state index in [0.717, 1.165) is 23.2 Å². The topological polar surface area (TPSA) is 29.1 Å². The summed E-state index contributed by atoms with van der Waals surface area (Å²) in [5.41, 5.74) is 4.10. The number of anilines is 1. The predicted molar refractivity (Wildman–Crippen MR) is 98.2 cm³/mol. The highest BCUT2D eigenvalue weighted by Crippen LogP contribution is 2.23. The maximum Gasteiger partial charge on any atom is 0.231 e. The van der Waals surface area contributed by atoms with Crippen LogP contribution in [-0.4, -0.2) is 5.91 Å². The predicted octanol–water partition coefficient (Wildman–Crippen LogP) is 5.59. The van der Waals surface area contributed by atoms with Crippen LogP contribution in [0.4, 0.5) is 5.69 Å². The van der Waals surface area contributed by atoms with E-state index in [1.165, 1.54) is 5.56 Å². The van der Waals surface area contributed by atoms with Crippen molar-refractivity contribution in [1.82, 2.24) is 0 Å². The summed E-state index contributed by atoms with van der Waals surface area (Å²) in [4.78, 5) is 12.5. The molecule has 2 rings (SSSR count). The van der Waals surface area contributed by atoms with Crippen molar-refractivity contribution < 1.29 is 4.79 Å². The number of nitrogens with one attached hydrogen (secondary N) is 1. The van der Waals surface area contributed by atoms with Crippen molar-refractivity contribution in [2.24, 2.45) is 5.92 Å². The maximum atomic E-state index is 12.5. The van der Waals surface area contributed by atoms with E-state index in [2.05, 4.69) is 31.3 Å². The van der Waals surface area contributed by atoms with Crippen LogP contribution in [-0.2, 0) is 11.2 Å². The smallest absolute Gasteiger partial charge is 0.231 e. The van der Waals surface area contributed by atoms with Crippen molar-refractivity contribution in [1.29, 1.82) is 0 Å². The first-order valence-corrected chi connectivity index (χ1v) is 8.40. The van der Waals surface area contributed by atoms with E-state index in [0.29, 0.717) is 10.9 Å². The average Bonchev–Trinajstić information content (AvgIpc) is 2.50. The molecule has 2 aromatic rings. The lowest BCUT2D eigenvalue weighted by Crippen LogP contribution is -2.19. The zero-order valence-corrected chi connectivity index (χ0v) is 14.9. The van der Waals surface area contributed by atoms with Gasteiger partial charge in [0.15, 0.2) is 0 Å². The average molecular weight is 330 g/mol. The number of hydrogen-bond donors (Lipinski definition) is 1. The van der Waals surface area contributed by atoms with E-state index in [9.17, 15) is 4.79 Å². The number of amides is 1. The van der Waals surface area contributed by atoms with Crippen LogP contribution in [0.1, 0.15) is 43.4 Å². The van der Waals surface area contributed by atoms with Crippen molar-refractivity contribution in [3.8, 4) is 0 Å². The Balaban J connectivity index is 2.08. The summed E-state index contributed by atoms with van der Waals surface area (Å²) >= 11 is 6.00. The SMILES string of the molecule is Cc1ccc(Cl)cc1NC(=O)[C@H](C)c1ccc(CC(C)C)cc1. The molecule has 1 amide bonds. The number of halogens is 1. The van der Waals surface area contributed by atoms with Gasteiger partial charge in [-0.15, -0.1) is 0 Å². The first-order valence-electron chi connectivity index (χ1n) is 8.02. The molecule has 0 saturated carbocycles. The largest absolute Gasteiger partial charge is 0.325 e. The minimum atomic E-state index is -0.207. The Labute approximate surface area is 143 Å². The molecule has 1 atom stereocenters. The molecule has 0 aromatic heterocycles. The first-order chi connectivity index (χ1) is 10.9. The molecule has 0 unspecified atom stereocenters. The van der Waals surface area contributed by atoms with Gasteiger partial charge in [0.25, 0.3) is 0 Å². The molecule has 1 N–H and O–H groups in total. The molecule has 0 bridgehead atoms. The van der Waals surface area contributed by atoms with E-state index in [1.807, 2.05) is 38.1 Å². The quantitative estimate of drug-likeness (QED) is 0.761. The molecule has 0 radical (unpaired) electrons. The zero-order valence-electron chi connectivity index (χ0n) is 14.2. The standard InChI is InChI=1S/C20H24ClNO/c1-13(2)11-16-6-8-17(9-7-16)15(4)20(23)22-19-12-18(21)10-5-14(19)3/h5-10,12-13,15H,11H2,1-4H3,(H,22,23)/t15-/m1/s1. The van der Waals surface area contributed by atoms with Gasteiger partial charge in [0.05, 0.1) is 5.92 Å². The van der Waals surface area contributed by atoms with Crippen LogP contribution in [0.5, 0.6) is 0 Å². The minimum Gasteiger partial charge on any atom is -0.325 e. The highest BCUT2D eigenvalue weighted by Gasteiger charge is 2.16. The summed E-state index contributed by atoms with van der Waals surface area (Å²) in [6.45, 7) is 8.29. The number of aryl methyl sites for hydroxylation is 1. The van der Waals surface area contributed by atoms with Crippen molar-refractivity contribution in [3.05, 3.63) is 64.2 Å². The number of rotatable bonds is 5. The fraction of sp³-hybridized carbons (Fsp3) is 0.350. The lowest BCUT2D eigenvalue weighted by Gasteiger charge is -2.15. The Kier molecular flexibility index (Phi) is 5.84. The van der Waals surface area contributed by atoms with Crippen LogP contribution in [0.25, 0.3) is 0 Å². The number of benzene rings is 2. The van der Waals surface area contributed by atoms with Crippen LogP contribution in [0.15, 0.2) is 42.5 Å². The van der Waals surface area contributed by atoms with Gasteiger partial charge in [0, 0.05) is 10.7 Å². The second kappa shape index (κ2) is 7.65. The second-order valence-electron chi connectivity index (χ2n) is 6.51. The highest BCUT2D eigenvalue weighted by atomic mass is 35.5. The summed E-state index contributed by atoms with van der Waals surface area (Å²) in [5.74, 6) is 0.404. The Morgan fingerprint density at radius 1 is 1.09 bits per heavy atom. The number of carbonyl (C=O) groups is 1. The van der Waals surface area contributed by atoms with Crippen molar-refractivity contribution in [2.75, 3.05) is 5.32 Å². The summed E-state index contributed by atoms with van der Waals surface area (Å²) in [6.07, 6.45) is 1.06. The monoisotopic (exact) mass is 329 g/mol. The third-order valence-corrected chi connectivity index (χ3v) is 4.21. The van der Waals surface area contributed by atoms with E-state index in [-0.39, 0.29) is 11.8 Å². The molecule has 0 spiro atoms. The van der Waals surface area contributed by atoms with Gasteiger partial charge >= 0.3 is 0 Å². The molecule has 122 valence electrons. The van der Waals surface area contributed by atoms with Gasteiger partial charge in [-0.05, 0) is 55.0 Å². The summed E-state index contributed by atoms with van der Waals surface area (Å²) in [5, 5.41) is 3.59. The van der Waals surface area contributed by atoms with Crippen molar-refractivity contribution in [3.63, 3.8) is 0 Å². The minimum absolute atomic E-state index is 0.0213. The molecular formula is C20H24ClNO. The summed E-state index contributed by atoms with van der Waals surface area (Å²) in [6, 6.07) is 13.8.